The summed E-state index contributed by atoms with van der Waals surface area (Å²) in [5.41, 5.74) is 6.49. The van der Waals surface area contributed by atoms with Crippen LogP contribution >= 0.6 is 0 Å². The molecule has 1 fully saturated rings. The number of nitrogens with zero attached hydrogens (tertiary/aromatic N) is 1. The van der Waals surface area contributed by atoms with E-state index in [1.54, 1.807) is 0 Å². The van der Waals surface area contributed by atoms with E-state index in [2.05, 4.69) is 0 Å². The van der Waals surface area contributed by atoms with Crippen LogP contribution in [0, 0.1) is 5.92 Å². The molecule has 1 aliphatic heterocycles. The normalized spacial score (nSPS) is 19.0. The summed E-state index contributed by atoms with van der Waals surface area (Å²) < 4.78 is 0. The van der Waals surface area contributed by atoms with E-state index in [0.29, 0.717) is 12.5 Å². The number of hydrogen-bond donors (Lipinski definition) is 1. The minimum absolute atomic E-state index is 0.132. The first kappa shape index (κ1) is 12.2. The molecule has 1 amide bonds. The van der Waals surface area contributed by atoms with Gasteiger partial charge in [-0.15, -0.1) is 0 Å². The van der Waals surface area contributed by atoms with E-state index in [-0.39, 0.29) is 5.91 Å². The first-order chi connectivity index (χ1) is 9.29. The molecule has 0 bridgehead atoms. The van der Waals surface area contributed by atoms with Crippen molar-refractivity contribution in [1.29, 1.82) is 0 Å². The summed E-state index contributed by atoms with van der Waals surface area (Å²) >= 11 is 0. The molecule has 2 aromatic rings. The van der Waals surface area contributed by atoms with Crippen molar-refractivity contribution in [2.75, 3.05) is 19.6 Å². The fourth-order valence-electron chi connectivity index (χ4n) is 2.79. The minimum atomic E-state index is 0.132. The van der Waals surface area contributed by atoms with Gasteiger partial charge in [-0.1, -0.05) is 36.4 Å². The number of carbonyl (C=O) groups is 1. The van der Waals surface area contributed by atoms with Gasteiger partial charge in [0.1, 0.15) is 0 Å². The number of carbonyl (C=O) groups excluding carboxylic acids is 1. The van der Waals surface area contributed by atoms with Crippen LogP contribution in [0.1, 0.15) is 16.8 Å². The van der Waals surface area contributed by atoms with E-state index in [0.717, 1.165) is 35.8 Å². The van der Waals surface area contributed by atoms with Crippen molar-refractivity contribution in [3.05, 3.63) is 48.0 Å². The topological polar surface area (TPSA) is 46.3 Å². The second kappa shape index (κ2) is 5.02. The Kier molecular flexibility index (Phi) is 3.22. The van der Waals surface area contributed by atoms with E-state index in [4.69, 9.17) is 5.73 Å². The Balaban J connectivity index is 1.94. The number of fused-ring (bicyclic) bond motifs is 1. The molecule has 1 aliphatic rings. The SMILES string of the molecule is NCC1CCN(C(=O)c2cccc3ccccc23)C1. The summed E-state index contributed by atoms with van der Waals surface area (Å²) in [7, 11) is 0. The number of hydrogen-bond acceptors (Lipinski definition) is 2. The van der Waals surface area contributed by atoms with Gasteiger partial charge in [-0.3, -0.25) is 4.79 Å². The number of amides is 1. The summed E-state index contributed by atoms with van der Waals surface area (Å²) in [5, 5.41) is 2.15. The van der Waals surface area contributed by atoms with E-state index < -0.39 is 0 Å². The van der Waals surface area contributed by atoms with Crippen LogP contribution in [0.15, 0.2) is 42.5 Å². The Morgan fingerprint density at radius 3 is 2.79 bits per heavy atom. The summed E-state index contributed by atoms with van der Waals surface area (Å²) in [6.45, 7) is 2.28. The lowest BCUT2D eigenvalue weighted by Crippen LogP contribution is -2.30. The van der Waals surface area contributed by atoms with Gasteiger partial charge < -0.3 is 10.6 Å². The lowest BCUT2D eigenvalue weighted by molar-refractivity contribution is 0.0789. The second-order valence-electron chi connectivity index (χ2n) is 5.17. The zero-order valence-corrected chi connectivity index (χ0v) is 10.9. The van der Waals surface area contributed by atoms with Crippen molar-refractivity contribution < 1.29 is 4.79 Å². The highest BCUT2D eigenvalue weighted by Gasteiger charge is 2.26. The number of nitrogens with two attached hydrogens (primary N) is 1. The molecule has 0 spiro atoms. The van der Waals surface area contributed by atoms with Gasteiger partial charge in [0.2, 0.25) is 0 Å². The van der Waals surface area contributed by atoms with Crippen LogP contribution < -0.4 is 5.73 Å². The van der Waals surface area contributed by atoms with Crippen molar-refractivity contribution in [3.63, 3.8) is 0 Å². The van der Waals surface area contributed by atoms with Crippen LogP contribution in [-0.4, -0.2) is 30.4 Å². The van der Waals surface area contributed by atoms with Gasteiger partial charge in [0.15, 0.2) is 0 Å². The molecule has 2 N–H and O–H groups in total. The Morgan fingerprint density at radius 1 is 1.21 bits per heavy atom. The Morgan fingerprint density at radius 2 is 2.00 bits per heavy atom. The van der Waals surface area contributed by atoms with Gasteiger partial charge >= 0.3 is 0 Å². The maximum atomic E-state index is 12.6. The van der Waals surface area contributed by atoms with Crippen molar-refractivity contribution >= 4 is 16.7 Å². The minimum Gasteiger partial charge on any atom is -0.338 e. The number of rotatable bonds is 2. The molecule has 1 atom stereocenters. The Bertz CT molecular complexity index is 603. The number of benzene rings is 2. The third-order valence-corrected chi connectivity index (χ3v) is 3.93. The van der Waals surface area contributed by atoms with Gasteiger partial charge in [-0.2, -0.15) is 0 Å². The summed E-state index contributed by atoms with van der Waals surface area (Å²) in [4.78, 5) is 14.5. The molecule has 3 nitrogen and oxygen atoms in total. The fraction of sp³-hybridized carbons (Fsp3) is 0.312. The molecule has 3 rings (SSSR count). The molecule has 3 heteroatoms. The molecule has 0 radical (unpaired) electrons. The van der Waals surface area contributed by atoms with Crippen molar-refractivity contribution in [3.8, 4) is 0 Å². The van der Waals surface area contributed by atoms with E-state index in [9.17, 15) is 4.79 Å². The van der Waals surface area contributed by atoms with Gasteiger partial charge in [0.05, 0.1) is 0 Å². The molecule has 98 valence electrons. The zero-order valence-electron chi connectivity index (χ0n) is 10.9. The van der Waals surface area contributed by atoms with Gasteiger partial charge in [0, 0.05) is 18.7 Å². The maximum Gasteiger partial charge on any atom is 0.254 e. The van der Waals surface area contributed by atoms with E-state index in [1.165, 1.54) is 0 Å². The van der Waals surface area contributed by atoms with Crippen LogP contribution in [0.3, 0.4) is 0 Å². The molecule has 19 heavy (non-hydrogen) atoms. The number of likely N-dealkylation sites (tertiary alicyclic amines) is 1. The third-order valence-electron chi connectivity index (χ3n) is 3.93. The smallest absolute Gasteiger partial charge is 0.254 e. The third kappa shape index (κ3) is 2.22. The van der Waals surface area contributed by atoms with Crippen molar-refractivity contribution in [2.24, 2.45) is 11.7 Å². The Labute approximate surface area is 113 Å². The molecular formula is C16H18N2O. The van der Waals surface area contributed by atoms with Gasteiger partial charge in [-0.25, -0.2) is 0 Å². The van der Waals surface area contributed by atoms with Crippen LogP contribution in [0.2, 0.25) is 0 Å². The maximum absolute atomic E-state index is 12.6. The molecule has 0 aliphatic carbocycles. The van der Waals surface area contributed by atoms with Crippen LogP contribution in [0.4, 0.5) is 0 Å². The summed E-state index contributed by atoms with van der Waals surface area (Å²) in [5.74, 6) is 0.590. The molecular weight excluding hydrogens is 236 g/mol. The lowest BCUT2D eigenvalue weighted by Gasteiger charge is -2.17. The molecule has 1 heterocycles. The summed E-state index contributed by atoms with van der Waals surface area (Å²) in [6, 6.07) is 13.9. The highest BCUT2D eigenvalue weighted by Crippen LogP contribution is 2.23. The lowest BCUT2D eigenvalue weighted by atomic mass is 10.0. The van der Waals surface area contributed by atoms with Gasteiger partial charge in [0.25, 0.3) is 5.91 Å². The van der Waals surface area contributed by atoms with Gasteiger partial charge in [-0.05, 0) is 35.7 Å². The molecule has 2 aromatic carbocycles. The first-order valence-corrected chi connectivity index (χ1v) is 6.76. The highest BCUT2D eigenvalue weighted by molar-refractivity contribution is 6.07. The highest BCUT2D eigenvalue weighted by atomic mass is 16.2. The largest absolute Gasteiger partial charge is 0.338 e. The quantitative estimate of drug-likeness (QED) is 0.893. The first-order valence-electron chi connectivity index (χ1n) is 6.76. The zero-order chi connectivity index (χ0) is 13.2. The predicted octanol–water partition coefficient (Wildman–Crippen LogP) is 2.26. The standard InChI is InChI=1S/C16H18N2O/c17-10-12-8-9-18(11-12)16(19)15-7-3-5-13-4-1-2-6-14(13)15/h1-7,12H,8-11,17H2. The van der Waals surface area contributed by atoms with Crippen molar-refractivity contribution in [1.82, 2.24) is 4.90 Å². The monoisotopic (exact) mass is 254 g/mol. The predicted molar refractivity (Wildman–Crippen MR) is 77.0 cm³/mol. The molecule has 0 aromatic heterocycles. The molecule has 0 saturated carbocycles. The fourth-order valence-corrected chi connectivity index (χ4v) is 2.79. The van der Waals surface area contributed by atoms with Crippen LogP contribution in [0.5, 0.6) is 0 Å². The average Bonchev–Trinajstić information content (AvgIpc) is 2.95. The summed E-state index contributed by atoms with van der Waals surface area (Å²) in [6.07, 6.45) is 1.02. The van der Waals surface area contributed by atoms with Crippen LogP contribution in [0.25, 0.3) is 10.8 Å². The van der Waals surface area contributed by atoms with E-state index in [1.807, 2.05) is 47.4 Å². The molecule has 1 unspecified atom stereocenters. The van der Waals surface area contributed by atoms with E-state index >= 15 is 0 Å². The van der Waals surface area contributed by atoms with Crippen molar-refractivity contribution in [2.45, 2.75) is 6.42 Å². The second-order valence-corrected chi connectivity index (χ2v) is 5.17. The molecule has 1 saturated heterocycles. The van der Waals surface area contributed by atoms with Crippen LogP contribution in [-0.2, 0) is 0 Å². The average molecular weight is 254 g/mol. The Hall–Kier alpha value is -1.87.